The molecule has 0 unspecified atom stereocenters. The minimum atomic E-state index is -0.490. The van der Waals surface area contributed by atoms with Crippen LogP contribution in [0.2, 0.25) is 0 Å². The summed E-state index contributed by atoms with van der Waals surface area (Å²) >= 11 is 0. The van der Waals surface area contributed by atoms with Crippen LogP contribution in [0, 0.1) is 0 Å². The van der Waals surface area contributed by atoms with E-state index in [0.29, 0.717) is 0 Å². The van der Waals surface area contributed by atoms with Gasteiger partial charge in [0.25, 0.3) is 0 Å². The van der Waals surface area contributed by atoms with Crippen molar-refractivity contribution in [3.8, 4) is 0 Å². The van der Waals surface area contributed by atoms with Gasteiger partial charge in [0.15, 0.2) is 5.43 Å². The first kappa shape index (κ1) is 19.0. The maximum atomic E-state index is 12.1. The molecule has 1 saturated carbocycles. The Morgan fingerprint density at radius 1 is 1.31 bits per heavy atom. The molecule has 2 heterocycles. The van der Waals surface area contributed by atoms with Crippen LogP contribution in [-0.2, 0) is 10.3 Å². The highest BCUT2D eigenvalue weighted by Crippen LogP contribution is 2.42. The number of ether oxygens (including phenoxy) is 1. The molecule has 0 radical (unpaired) electrons. The summed E-state index contributed by atoms with van der Waals surface area (Å²) in [7, 11) is 0. The fourth-order valence-corrected chi connectivity index (χ4v) is 4.35. The number of hydrogen-bond donors (Lipinski definition) is 2. The number of alkyl carbamates (subject to hydrolysis) is 1. The van der Waals surface area contributed by atoms with Crippen LogP contribution < -0.4 is 10.7 Å². The van der Waals surface area contributed by atoms with Crippen LogP contribution in [0.5, 0.6) is 0 Å². The van der Waals surface area contributed by atoms with E-state index in [1.807, 2.05) is 20.8 Å². The number of hydrogen-bond acceptors (Lipinski definition) is 4. The van der Waals surface area contributed by atoms with Crippen LogP contribution in [0.3, 0.4) is 0 Å². The summed E-state index contributed by atoms with van der Waals surface area (Å²) in [5.41, 5.74) is 0.452. The SMILES string of the molecule is CC(C)(C)OC(=O)N[C@@H]1CCN(C2(c3cc(=O)cc[nH]3)CCCCC2)C1. The van der Waals surface area contributed by atoms with E-state index in [4.69, 9.17) is 4.74 Å². The average Bonchev–Trinajstić information content (AvgIpc) is 3.02. The molecule has 1 aliphatic heterocycles. The van der Waals surface area contributed by atoms with Crippen molar-refractivity contribution < 1.29 is 9.53 Å². The number of aromatic amines is 1. The molecule has 1 saturated heterocycles. The first-order valence-electron chi connectivity index (χ1n) is 9.72. The summed E-state index contributed by atoms with van der Waals surface area (Å²) in [6, 6.07) is 3.40. The molecule has 0 bridgehead atoms. The van der Waals surface area contributed by atoms with E-state index in [2.05, 4.69) is 15.2 Å². The zero-order chi connectivity index (χ0) is 18.8. The lowest BCUT2D eigenvalue weighted by Crippen LogP contribution is -2.49. The van der Waals surface area contributed by atoms with Crippen LogP contribution in [0.15, 0.2) is 23.1 Å². The van der Waals surface area contributed by atoms with Gasteiger partial charge in [-0.25, -0.2) is 4.79 Å². The van der Waals surface area contributed by atoms with Crippen molar-refractivity contribution in [1.82, 2.24) is 15.2 Å². The molecule has 3 rings (SSSR count). The lowest BCUT2D eigenvalue weighted by molar-refractivity contribution is 0.0469. The van der Waals surface area contributed by atoms with E-state index >= 15 is 0 Å². The second-order valence-electron chi connectivity index (χ2n) is 8.61. The van der Waals surface area contributed by atoms with Crippen molar-refractivity contribution >= 4 is 6.09 Å². The fraction of sp³-hybridized carbons (Fsp3) is 0.700. The molecule has 1 amide bonds. The summed E-state index contributed by atoms with van der Waals surface area (Å²) in [6.07, 6.45) is 7.97. The Morgan fingerprint density at radius 2 is 2.04 bits per heavy atom. The fourth-order valence-electron chi connectivity index (χ4n) is 4.35. The highest BCUT2D eigenvalue weighted by Gasteiger charge is 2.43. The van der Waals surface area contributed by atoms with Gasteiger partial charge in [-0.05, 0) is 40.0 Å². The Balaban J connectivity index is 1.73. The molecule has 1 aromatic rings. The number of carbonyl (C=O) groups excluding carboxylic acids is 1. The largest absolute Gasteiger partial charge is 0.444 e. The molecule has 0 aromatic carbocycles. The van der Waals surface area contributed by atoms with Gasteiger partial charge >= 0.3 is 6.09 Å². The maximum absolute atomic E-state index is 12.1. The number of pyridine rings is 1. The van der Waals surface area contributed by atoms with Gasteiger partial charge in [0.2, 0.25) is 0 Å². The minimum absolute atomic E-state index is 0.0475. The third-order valence-electron chi connectivity index (χ3n) is 5.47. The number of carbonyl (C=O) groups is 1. The summed E-state index contributed by atoms with van der Waals surface area (Å²) in [5, 5.41) is 3.01. The van der Waals surface area contributed by atoms with Gasteiger partial charge in [0.05, 0.1) is 5.54 Å². The van der Waals surface area contributed by atoms with Crippen molar-refractivity contribution in [2.24, 2.45) is 0 Å². The number of nitrogens with zero attached hydrogens (tertiary/aromatic N) is 1. The highest BCUT2D eigenvalue weighted by molar-refractivity contribution is 5.68. The van der Waals surface area contributed by atoms with Crippen LogP contribution in [0.4, 0.5) is 4.79 Å². The van der Waals surface area contributed by atoms with Gasteiger partial charge in [-0.2, -0.15) is 0 Å². The number of amides is 1. The van der Waals surface area contributed by atoms with E-state index < -0.39 is 5.60 Å². The molecule has 144 valence electrons. The number of rotatable bonds is 3. The monoisotopic (exact) mass is 361 g/mol. The van der Waals surface area contributed by atoms with E-state index in [0.717, 1.165) is 50.9 Å². The van der Waals surface area contributed by atoms with Gasteiger partial charge in [-0.1, -0.05) is 19.3 Å². The lowest BCUT2D eigenvalue weighted by Gasteiger charge is -2.45. The van der Waals surface area contributed by atoms with Gasteiger partial charge in [0.1, 0.15) is 5.60 Å². The van der Waals surface area contributed by atoms with Gasteiger partial charge in [-0.3, -0.25) is 9.69 Å². The Hall–Kier alpha value is -1.82. The molecular weight excluding hydrogens is 330 g/mol. The second-order valence-corrected chi connectivity index (χ2v) is 8.61. The first-order valence-corrected chi connectivity index (χ1v) is 9.72. The van der Waals surface area contributed by atoms with Crippen molar-refractivity contribution in [2.45, 2.75) is 76.5 Å². The van der Waals surface area contributed by atoms with E-state index in [-0.39, 0.29) is 23.1 Å². The van der Waals surface area contributed by atoms with Crippen molar-refractivity contribution in [2.75, 3.05) is 13.1 Å². The molecular formula is C20H31N3O3. The average molecular weight is 361 g/mol. The Morgan fingerprint density at radius 3 is 2.69 bits per heavy atom. The maximum Gasteiger partial charge on any atom is 0.407 e. The van der Waals surface area contributed by atoms with Gasteiger partial charge in [0, 0.05) is 43.2 Å². The van der Waals surface area contributed by atoms with Crippen LogP contribution in [-0.4, -0.2) is 40.7 Å². The molecule has 2 aliphatic rings. The molecule has 1 atom stereocenters. The zero-order valence-electron chi connectivity index (χ0n) is 16.1. The van der Waals surface area contributed by atoms with Gasteiger partial charge < -0.3 is 15.0 Å². The Bertz CT molecular complexity index is 686. The van der Waals surface area contributed by atoms with E-state index in [1.165, 1.54) is 6.42 Å². The van der Waals surface area contributed by atoms with Crippen LogP contribution in [0.25, 0.3) is 0 Å². The smallest absolute Gasteiger partial charge is 0.407 e. The number of H-pyrrole nitrogens is 1. The minimum Gasteiger partial charge on any atom is -0.444 e. The molecule has 2 N–H and O–H groups in total. The number of nitrogens with one attached hydrogen (secondary N) is 2. The second kappa shape index (κ2) is 7.43. The summed E-state index contributed by atoms with van der Waals surface area (Å²) in [6.45, 7) is 7.32. The predicted molar refractivity (Wildman–Crippen MR) is 101 cm³/mol. The summed E-state index contributed by atoms with van der Waals surface area (Å²) < 4.78 is 5.39. The standard InChI is InChI=1S/C20H31N3O3/c1-19(2,3)26-18(25)22-15-8-12-23(14-15)20(9-5-4-6-10-20)17-13-16(24)7-11-21-17/h7,11,13,15H,4-6,8-10,12,14H2,1-3H3,(H,21,24)(H,22,25)/t15-/m1/s1. The van der Waals surface area contributed by atoms with E-state index in [1.54, 1.807) is 18.3 Å². The molecule has 26 heavy (non-hydrogen) atoms. The summed E-state index contributed by atoms with van der Waals surface area (Å²) in [5.74, 6) is 0. The zero-order valence-corrected chi connectivity index (χ0v) is 16.1. The van der Waals surface area contributed by atoms with Gasteiger partial charge in [-0.15, -0.1) is 0 Å². The van der Waals surface area contributed by atoms with Crippen molar-refractivity contribution in [1.29, 1.82) is 0 Å². The number of likely N-dealkylation sites (tertiary alicyclic amines) is 1. The van der Waals surface area contributed by atoms with E-state index in [9.17, 15) is 9.59 Å². The third kappa shape index (κ3) is 4.29. The normalized spacial score (nSPS) is 23.6. The molecule has 6 heteroatoms. The van der Waals surface area contributed by atoms with Crippen molar-refractivity contribution in [3.63, 3.8) is 0 Å². The highest BCUT2D eigenvalue weighted by atomic mass is 16.6. The Labute approximate surface area is 155 Å². The first-order chi connectivity index (χ1) is 12.3. The predicted octanol–water partition coefficient (Wildman–Crippen LogP) is 3.13. The molecule has 0 spiro atoms. The number of aromatic nitrogens is 1. The summed E-state index contributed by atoms with van der Waals surface area (Å²) in [4.78, 5) is 29.8. The topological polar surface area (TPSA) is 74.4 Å². The molecule has 1 aliphatic carbocycles. The van der Waals surface area contributed by atoms with Crippen LogP contribution >= 0.6 is 0 Å². The molecule has 6 nitrogen and oxygen atoms in total. The molecule has 1 aromatic heterocycles. The molecule has 2 fully saturated rings. The third-order valence-corrected chi connectivity index (χ3v) is 5.47. The quantitative estimate of drug-likeness (QED) is 0.867. The lowest BCUT2D eigenvalue weighted by atomic mass is 9.77. The van der Waals surface area contributed by atoms with Crippen LogP contribution in [0.1, 0.15) is 65.0 Å². The Kier molecular flexibility index (Phi) is 5.42. The van der Waals surface area contributed by atoms with Crippen molar-refractivity contribution in [3.05, 3.63) is 34.2 Å².